The summed E-state index contributed by atoms with van der Waals surface area (Å²) in [5, 5.41) is 0. The molecule has 1 nitrogen and oxygen atoms in total. The number of rotatable bonds is 1. The van der Waals surface area contributed by atoms with Gasteiger partial charge in [-0.25, -0.2) is 0 Å². The third-order valence-corrected chi connectivity index (χ3v) is 1.06. The SMILES string of the molecule is CNSP. The fourth-order valence-corrected chi connectivity index (χ4v) is 0. The summed E-state index contributed by atoms with van der Waals surface area (Å²) in [4.78, 5) is 0. The molecule has 0 aliphatic carbocycles. The largest absolute Gasteiger partial charge is 0.264 e. The number of hydrogen-bond acceptors (Lipinski definition) is 2. The molecule has 0 heterocycles. The highest BCUT2D eigenvalue weighted by Gasteiger charge is 1.50. The summed E-state index contributed by atoms with van der Waals surface area (Å²) >= 11 is 1.52. The van der Waals surface area contributed by atoms with Crippen molar-refractivity contribution < 1.29 is 0 Å². The predicted octanol–water partition coefficient (Wildman–Crippen LogP) is 0.644. The van der Waals surface area contributed by atoms with Crippen LogP contribution in [0.2, 0.25) is 0 Å². The van der Waals surface area contributed by atoms with Crippen molar-refractivity contribution in [3.05, 3.63) is 0 Å². The molecule has 0 aliphatic heterocycles. The smallest absolute Gasteiger partial charge is 0.00535 e. The maximum absolute atomic E-state index is 2.81. The van der Waals surface area contributed by atoms with Gasteiger partial charge >= 0.3 is 0 Å². The van der Waals surface area contributed by atoms with Gasteiger partial charge in [0.25, 0.3) is 0 Å². The molecule has 0 amide bonds. The van der Waals surface area contributed by atoms with Gasteiger partial charge < -0.3 is 0 Å². The molecular formula is CH6NPS. The molecule has 1 N–H and O–H groups in total. The Morgan fingerprint density at radius 1 is 2.00 bits per heavy atom. The molecule has 26 valence electrons. The van der Waals surface area contributed by atoms with Crippen molar-refractivity contribution in [3.8, 4) is 0 Å². The van der Waals surface area contributed by atoms with Crippen molar-refractivity contribution in [2.75, 3.05) is 7.05 Å². The highest BCUT2D eigenvalue weighted by molar-refractivity contribution is 8.42. The van der Waals surface area contributed by atoms with Gasteiger partial charge in [0.2, 0.25) is 0 Å². The van der Waals surface area contributed by atoms with Crippen LogP contribution in [0.25, 0.3) is 0 Å². The summed E-state index contributed by atoms with van der Waals surface area (Å²) in [6.45, 7) is 0. The topological polar surface area (TPSA) is 12.0 Å². The Balaban J connectivity index is 1.97. The second kappa shape index (κ2) is 3.74. The van der Waals surface area contributed by atoms with Crippen molar-refractivity contribution in [2.45, 2.75) is 0 Å². The van der Waals surface area contributed by atoms with Gasteiger partial charge in [-0.2, -0.15) is 0 Å². The van der Waals surface area contributed by atoms with E-state index in [1.807, 2.05) is 7.05 Å². The summed E-state index contributed by atoms with van der Waals surface area (Å²) in [6.07, 6.45) is 0. The van der Waals surface area contributed by atoms with E-state index in [-0.39, 0.29) is 0 Å². The van der Waals surface area contributed by atoms with Crippen LogP contribution in [0.4, 0.5) is 0 Å². The van der Waals surface area contributed by atoms with Crippen LogP contribution in [-0.2, 0) is 0 Å². The molecule has 1 atom stereocenters. The third-order valence-electron chi connectivity index (χ3n) is 0.118. The van der Waals surface area contributed by atoms with Gasteiger partial charge in [-0.15, -0.1) is 0 Å². The van der Waals surface area contributed by atoms with Gasteiger partial charge in [0, 0.05) is 0 Å². The van der Waals surface area contributed by atoms with Crippen molar-refractivity contribution in [3.63, 3.8) is 0 Å². The molecule has 0 radical (unpaired) electrons. The minimum atomic E-state index is 1.52. The summed E-state index contributed by atoms with van der Waals surface area (Å²) < 4.78 is 2.81. The van der Waals surface area contributed by atoms with E-state index in [0.29, 0.717) is 0 Å². The predicted molar refractivity (Wildman–Crippen MR) is 26.4 cm³/mol. The average molecular weight is 95.1 g/mol. The summed E-state index contributed by atoms with van der Waals surface area (Å²) in [5.74, 6) is 0. The van der Waals surface area contributed by atoms with E-state index in [9.17, 15) is 0 Å². The number of nitrogens with one attached hydrogen (secondary N) is 1. The molecule has 0 aromatic rings. The molecular weight excluding hydrogens is 89.1 g/mol. The van der Waals surface area contributed by atoms with E-state index >= 15 is 0 Å². The Bertz CT molecular complexity index is 10.0. The minimum Gasteiger partial charge on any atom is -0.264 e. The number of hydrogen-bond donors (Lipinski definition) is 1. The zero-order chi connectivity index (χ0) is 3.41. The second-order valence-corrected chi connectivity index (χ2v) is 1.67. The lowest BCUT2D eigenvalue weighted by molar-refractivity contribution is 1.31. The van der Waals surface area contributed by atoms with E-state index in [2.05, 4.69) is 13.2 Å². The standard InChI is InChI=1S/CH6NPS/c1-2-4-3/h2H,3H2,1H3. The van der Waals surface area contributed by atoms with E-state index < -0.39 is 0 Å². The molecule has 0 aromatic heterocycles. The quantitative estimate of drug-likeness (QED) is 0.379. The summed E-state index contributed by atoms with van der Waals surface area (Å²) in [5.41, 5.74) is 0. The fourth-order valence-electron chi connectivity index (χ4n) is 0. The monoisotopic (exact) mass is 95.0 g/mol. The van der Waals surface area contributed by atoms with Crippen LogP contribution in [-0.4, -0.2) is 7.05 Å². The van der Waals surface area contributed by atoms with Crippen LogP contribution >= 0.6 is 20.0 Å². The lowest BCUT2D eigenvalue weighted by Crippen LogP contribution is -1.81. The van der Waals surface area contributed by atoms with Gasteiger partial charge in [-0.1, -0.05) is 20.0 Å². The maximum Gasteiger partial charge on any atom is -0.00535 e. The molecule has 0 spiro atoms. The lowest BCUT2D eigenvalue weighted by atomic mass is 11.6. The molecule has 0 fully saturated rings. The minimum absolute atomic E-state index is 1.52. The van der Waals surface area contributed by atoms with Gasteiger partial charge in [-0.05, 0) is 7.05 Å². The molecule has 3 heteroatoms. The second-order valence-electron chi connectivity index (χ2n) is 0.322. The molecule has 0 rings (SSSR count). The Morgan fingerprint density at radius 3 is 2.25 bits per heavy atom. The first-order valence-electron chi connectivity index (χ1n) is 0.940. The summed E-state index contributed by atoms with van der Waals surface area (Å²) in [6, 6.07) is 0. The van der Waals surface area contributed by atoms with Crippen LogP contribution in [0.5, 0.6) is 0 Å². The zero-order valence-corrected chi connectivity index (χ0v) is 4.46. The Kier molecular flexibility index (Phi) is 4.43. The molecule has 0 saturated heterocycles. The van der Waals surface area contributed by atoms with E-state index in [1.54, 1.807) is 0 Å². The highest BCUT2D eigenvalue weighted by Crippen LogP contribution is 1.99. The van der Waals surface area contributed by atoms with Gasteiger partial charge in [0.05, 0.1) is 0 Å². The Morgan fingerprint density at radius 2 is 2.25 bits per heavy atom. The first-order chi connectivity index (χ1) is 1.91. The van der Waals surface area contributed by atoms with Crippen LogP contribution in [0.15, 0.2) is 0 Å². The van der Waals surface area contributed by atoms with Crippen LogP contribution in [0.3, 0.4) is 0 Å². The first-order valence-corrected chi connectivity index (χ1v) is 3.23. The van der Waals surface area contributed by atoms with Crippen LogP contribution in [0, 0.1) is 0 Å². The third kappa shape index (κ3) is 2.74. The Hall–Kier alpha value is 0.740. The van der Waals surface area contributed by atoms with Gasteiger partial charge in [0.15, 0.2) is 0 Å². The van der Waals surface area contributed by atoms with Crippen molar-refractivity contribution in [1.29, 1.82) is 0 Å². The molecule has 0 aliphatic rings. The normalized spacial score (nSPS) is 7.50. The van der Waals surface area contributed by atoms with Crippen molar-refractivity contribution in [1.82, 2.24) is 4.72 Å². The zero-order valence-electron chi connectivity index (χ0n) is 2.49. The summed E-state index contributed by atoms with van der Waals surface area (Å²) in [7, 11) is 4.33. The van der Waals surface area contributed by atoms with E-state index in [1.165, 1.54) is 11.6 Å². The maximum atomic E-state index is 2.81. The first kappa shape index (κ1) is 4.74. The van der Waals surface area contributed by atoms with E-state index in [0.717, 1.165) is 0 Å². The van der Waals surface area contributed by atoms with Crippen LogP contribution in [0.1, 0.15) is 0 Å². The van der Waals surface area contributed by atoms with Gasteiger partial charge in [-0.3, -0.25) is 4.72 Å². The lowest BCUT2D eigenvalue weighted by Gasteiger charge is -1.75. The average Bonchev–Trinajstić information content (AvgIpc) is 1.37. The molecule has 0 aromatic carbocycles. The fraction of sp³-hybridized carbons (Fsp3) is 1.00. The molecule has 1 unspecified atom stereocenters. The molecule has 0 saturated carbocycles. The molecule has 4 heavy (non-hydrogen) atoms. The Labute approximate surface area is 32.6 Å². The van der Waals surface area contributed by atoms with Crippen molar-refractivity contribution in [2.24, 2.45) is 0 Å². The van der Waals surface area contributed by atoms with E-state index in [4.69, 9.17) is 0 Å². The van der Waals surface area contributed by atoms with Crippen molar-refractivity contribution >= 4 is 20.0 Å². The highest BCUT2D eigenvalue weighted by atomic mass is 32.7. The van der Waals surface area contributed by atoms with Crippen LogP contribution < -0.4 is 4.72 Å². The molecule has 0 bridgehead atoms. The van der Waals surface area contributed by atoms with Gasteiger partial charge in [0.1, 0.15) is 0 Å².